The molecule has 2 bridgehead atoms. The van der Waals surface area contributed by atoms with Gasteiger partial charge in [-0.1, -0.05) is 18.6 Å². The number of rotatable bonds is 5. The molecule has 0 aromatic heterocycles. The molecule has 1 amide bonds. The molecule has 3 fully saturated rings. The standard InChI is InChI=1S/C20H24N2O2/c21-12-15-2-1-3-18(10-15)20(6-7-24-20)13-22-19(23)11-17-9-14-4-5-16(17)8-14/h1-3,10,14,16-17H,4-9,11,13H2,(H,22,23)/t14?,16?,17?,20-/m0/s1. The highest BCUT2D eigenvalue weighted by Gasteiger charge is 2.42. The minimum absolute atomic E-state index is 0.152. The molecule has 4 atom stereocenters. The first-order valence-electron chi connectivity index (χ1n) is 9.10. The van der Waals surface area contributed by atoms with Crippen molar-refractivity contribution in [2.75, 3.05) is 13.2 Å². The summed E-state index contributed by atoms with van der Waals surface area (Å²) in [6.07, 6.45) is 6.81. The van der Waals surface area contributed by atoms with Gasteiger partial charge in [0.1, 0.15) is 5.60 Å². The molecule has 24 heavy (non-hydrogen) atoms. The first-order chi connectivity index (χ1) is 11.7. The number of benzene rings is 1. The Morgan fingerprint density at radius 3 is 2.88 bits per heavy atom. The summed E-state index contributed by atoms with van der Waals surface area (Å²) in [5.74, 6) is 2.40. The van der Waals surface area contributed by atoms with Crippen LogP contribution in [0.1, 0.15) is 49.7 Å². The largest absolute Gasteiger partial charge is 0.368 e. The zero-order chi connectivity index (χ0) is 16.6. The third kappa shape index (κ3) is 2.82. The van der Waals surface area contributed by atoms with Crippen LogP contribution in [-0.2, 0) is 15.1 Å². The Balaban J connectivity index is 1.36. The summed E-state index contributed by atoms with van der Waals surface area (Å²) in [7, 11) is 0. The maximum Gasteiger partial charge on any atom is 0.220 e. The highest BCUT2D eigenvalue weighted by Crippen LogP contribution is 2.49. The lowest BCUT2D eigenvalue weighted by Gasteiger charge is -2.42. The Morgan fingerprint density at radius 1 is 1.38 bits per heavy atom. The third-order valence-electron chi connectivity index (χ3n) is 6.31. The molecule has 126 valence electrons. The van der Waals surface area contributed by atoms with Crippen molar-refractivity contribution >= 4 is 5.91 Å². The van der Waals surface area contributed by atoms with Crippen molar-refractivity contribution < 1.29 is 9.53 Å². The predicted molar refractivity (Wildman–Crippen MR) is 90.0 cm³/mol. The lowest BCUT2D eigenvalue weighted by Crippen LogP contribution is -2.50. The first kappa shape index (κ1) is 15.7. The molecule has 1 N–H and O–H groups in total. The third-order valence-corrected chi connectivity index (χ3v) is 6.31. The molecule has 1 aromatic rings. The van der Waals surface area contributed by atoms with Crippen molar-refractivity contribution in [2.45, 2.75) is 44.1 Å². The van der Waals surface area contributed by atoms with Crippen LogP contribution >= 0.6 is 0 Å². The van der Waals surface area contributed by atoms with Gasteiger partial charge in [0.25, 0.3) is 0 Å². The fourth-order valence-corrected chi connectivity index (χ4v) is 4.87. The second-order valence-corrected chi connectivity index (χ2v) is 7.70. The fraction of sp³-hybridized carbons (Fsp3) is 0.600. The number of carbonyl (C=O) groups is 1. The molecular weight excluding hydrogens is 300 g/mol. The molecule has 1 aromatic carbocycles. The van der Waals surface area contributed by atoms with E-state index in [2.05, 4.69) is 11.4 Å². The van der Waals surface area contributed by atoms with Gasteiger partial charge in [-0.05, 0) is 54.7 Å². The van der Waals surface area contributed by atoms with Crippen LogP contribution in [0.15, 0.2) is 24.3 Å². The molecule has 3 unspecified atom stereocenters. The van der Waals surface area contributed by atoms with Crippen LogP contribution in [0.5, 0.6) is 0 Å². The second kappa shape index (κ2) is 6.22. The number of fused-ring (bicyclic) bond motifs is 2. The van der Waals surface area contributed by atoms with Crippen molar-refractivity contribution in [3.05, 3.63) is 35.4 Å². The van der Waals surface area contributed by atoms with E-state index in [-0.39, 0.29) is 5.91 Å². The Labute approximate surface area is 143 Å². The number of hydrogen-bond acceptors (Lipinski definition) is 3. The first-order valence-corrected chi connectivity index (χ1v) is 9.10. The smallest absolute Gasteiger partial charge is 0.220 e. The Bertz CT molecular complexity index is 674. The molecule has 3 aliphatic rings. The molecule has 2 saturated carbocycles. The molecule has 4 nitrogen and oxygen atoms in total. The molecule has 4 heteroatoms. The van der Waals surface area contributed by atoms with E-state index in [4.69, 9.17) is 10.00 Å². The normalized spacial score (nSPS) is 33.7. The van der Waals surface area contributed by atoms with E-state index in [9.17, 15) is 4.79 Å². The summed E-state index contributed by atoms with van der Waals surface area (Å²) in [5.41, 5.74) is 1.18. The molecule has 1 saturated heterocycles. The van der Waals surface area contributed by atoms with Gasteiger partial charge >= 0.3 is 0 Å². The average Bonchev–Trinajstić information content (AvgIpc) is 3.17. The van der Waals surface area contributed by atoms with Crippen molar-refractivity contribution in [2.24, 2.45) is 17.8 Å². The second-order valence-electron chi connectivity index (χ2n) is 7.70. The number of ether oxygens (including phenoxy) is 1. The van der Waals surface area contributed by atoms with Crippen molar-refractivity contribution in [3.8, 4) is 6.07 Å². The van der Waals surface area contributed by atoms with Crippen molar-refractivity contribution in [1.29, 1.82) is 5.26 Å². The maximum absolute atomic E-state index is 12.4. The van der Waals surface area contributed by atoms with Crippen LogP contribution in [0.4, 0.5) is 0 Å². The van der Waals surface area contributed by atoms with Gasteiger partial charge in [0.05, 0.1) is 24.8 Å². The van der Waals surface area contributed by atoms with Crippen LogP contribution in [-0.4, -0.2) is 19.1 Å². The van der Waals surface area contributed by atoms with Crippen LogP contribution in [0.25, 0.3) is 0 Å². The van der Waals surface area contributed by atoms with E-state index >= 15 is 0 Å². The molecule has 4 rings (SSSR count). The van der Waals surface area contributed by atoms with E-state index in [0.717, 1.165) is 23.8 Å². The molecule has 1 aliphatic heterocycles. The van der Waals surface area contributed by atoms with Crippen molar-refractivity contribution in [1.82, 2.24) is 5.32 Å². The molecule has 0 radical (unpaired) electrons. The van der Waals surface area contributed by atoms with Gasteiger partial charge in [-0.25, -0.2) is 0 Å². The average molecular weight is 324 g/mol. The molecule has 2 aliphatic carbocycles. The van der Waals surface area contributed by atoms with Crippen molar-refractivity contribution in [3.63, 3.8) is 0 Å². The van der Waals surface area contributed by atoms with Gasteiger partial charge in [-0.3, -0.25) is 4.79 Å². The van der Waals surface area contributed by atoms with Crippen LogP contribution < -0.4 is 5.32 Å². The number of nitrogens with zero attached hydrogens (tertiary/aromatic N) is 1. The number of carbonyl (C=O) groups excluding carboxylic acids is 1. The van der Waals surface area contributed by atoms with Crippen LogP contribution in [0.2, 0.25) is 0 Å². The monoisotopic (exact) mass is 324 g/mol. The summed E-state index contributed by atoms with van der Waals surface area (Å²) < 4.78 is 5.85. The number of nitriles is 1. The van der Waals surface area contributed by atoms with Gasteiger partial charge in [0.2, 0.25) is 5.91 Å². The minimum Gasteiger partial charge on any atom is -0.368 e. The van der Waals surface area contributed by atoms with Crippen LogP contribution in [0.3, 0.4) is 0 Å². The summed E-state index contributed by atoms with van der Waals surface area (Å²) in [6, 6.07) is 9.72. The van der Waals surface area contributed by atoms with E-state index < -0.39 is 5.60 Å². The van der Waals surface area contributed by atoms with Gasteiger partial charge < -0.3 is 10.1 Å². The maximum atomic E-state index is 12.4. The van der Waals surface area contributed by atoms with E-state index in [1.165, 1.54) is 25.7 Å². The zero-order valence-corrected chi connectivity index (χ0v) is 14.0. The number of nitrogens with one attached hydrogen (secondary N) is 1. The van der Waals surface area contributed by atoms with E-state index in [1.807, 2.05) is 18.2 Å². The van der Waals surface area contributed by atoms with Crippen LogP contribution in [0, 0.1) is 29.1 Å². The fourth-order valence-electron chi connectivity index (χ4n) is 4.87. The topological polar surface area (TPSA) is 62.1 Å². The number of hydrogen-bond donors (Lipinski definition) is 1. The van der Waals surface area contributed by atoms with Gasteiger partial charge in [0, 0.05) is 12.8 Å². The number of amides is 1. The van der Waals surface area contributed by atoms with Gasteiger partial charge in [-0.15, -0.1) is 0 Å². The van der Waals surface area contributed by atoms with Gasteiger partial charge in [-0.2, -0.15) is 5.26 Å². The highest BCUT2D eigenvalue weighted by molar-refractivity contribution is 5.76. The summed E-state index contributed by atoms with van der Waals surface area (Å²) in [6.45, 7) is 1.21. The molecule has 1 heterocycles. The van der Waals surface area contributed by atoms with E-state index in [1.54, 1.807) is 6.07 Å². The molecular formula is C20H24N2O2. The van der Waals surface area contributed by atoms with Gasteiger partial charge in [0.15, 0.2) is 0 Å². The highest BCUT2D eigenvalue weighted by atomic mass is 16.5. The minimum atomic E-state index is -0.447. The SMILES string of the molecule is N#Cc1cccc([C@@]2(CNC(=O)CC3CC4CCC3C4)CCO2)c1. The molecule has 0 spiro atoms. The Kier molecular flexibility index (Phi) is 4.05. The Morgan fingerprint density at radius 2 is 2.25 bits per heavy atom. The Hall–Kier alpha value is -1.86. The lowest BCUT2D eigenvalue weighted by molar-refractivity contribution is -0.155. The van der Waals surface area contributed by atoms with E-state index in [0.29, 0.717) is 31.1 Å². The zero-order valence-electron chi connectivity index (χ0n) is 14.0. The quantitative estimate of drug-likeness (QED) is 0.905. The summed E-state index contributed by atoms with van der Waals surface area (Å²) >= 11 is 0. The summed E-state index contributed by atoms with van der Waals surface area (Å²) in [5, 5.41) is 12.2. The lowest BCUT2D eigenvalue weighted by atomic mass is 9.84. The predicted octanol–water partition coefficient (Wildman–Crippen LogP) is 3.12. The summed E-state index contributed by atoms with van der Waals surface area (Å²) in [4.78, 5) is 12.4.